The number of ether oxygens (including phenoxy) is 2. The summed E-state index contributed by atoms with van der Waals surface area (Å²) in [5, 5.41) is 28.1. The monoisotopic (exact) mass is 616 g/mol. The maximum absolute atomic E-state index is 13.8. The molecule has 5 rings (SSSR count). The first-order valence-electron chi connectivity index (χ1n) is 14.4. The highest BCUT2D eigenvalue weighted by atomic mass is 32.2. The average Bonchev–Trinajstić information content (AvgIpc) is 3.72. The highest BCUT2D eigenvalue weighted by Crippen LogP contribution is 2.37. The summed E-state index contributed by atoms with van der Waals surface area (Å²) in [5.41, 5.74) is 0.543. The zero-order valence-electron chi connectivity index (χ0n) is 23.5. The molecule has 2 saturated heterocycles. The minimum atomic E-state index is -4.27. The summed E-state index contributed by atoms with van der Waals surface area (Å²) in [6.45, 7) is 0.0912. The van der Waals surface area contributed by atoms with Crippen molar-refractivity contribution in [1.82, 2.24) is 14.9 Å². The summed E-state index contributed by atoms with van der Waals surface area (Å²) in [6, 6.07) is 12.2. The number of nitro groups is 1. The largest absolute Gasteiger partial charge is 0.446 e. The first-order chi connectivity index (χ1) is 20.6. The van der Waals surface area contributed by atoms with Crippen LogP contribution in [0.5, 0.6) is 0 Å². The molecule has 2 aliphatic heterocycles. The van der Waals surface area contributed by atoms with Crippen molar-refractivity contribution in [2.45, 2.75) is 73.8 Å². The number of amides is 2. The number of benzene rings is 2. The van der Waals surface area contributed by atoms with Crippen LogP contribution in [0.1, 0.15) is 37.7 Å². The van der Waals surface area contributed by atoms with Crippen LogP contribution in [-0.2, 0) is 30.7 Å². The molecule has 0 bridgehead atoms. The fourth-order valence-corrected chi connectivity index (χ4v) is 7.61. The third-order valence-electron chi connectivity index (χ3n) is 8.38. The smallest absolute Gasteiger partial charge is 0.407 e. The van der Waals surface area contributed by atoms with Gasteiger partial charge in [0.1, 0.15) is 6.10 Å². The first-order valence-corrected chi connectivity index (χ1v) is 15.9. The van der Waals surface area contributed by atoms with E-state index in [4.69, 9.17) is 9.47 Å². The number of nitro benzene ring substituents is 1. The van der Waals surface area contributed by atoms with Crippen molar-refractivity contribution in [2.75, 3.05) is 19.7 Å². The molecule has 3 N–H and O–H groups in total. The third kappa shape index (κ3) is 7.50. The number of hydrogen-bond acceptors (Lipinski definition) is 9. The molecule has 0 radical (unpaired) electrons. The average molecular weight is 617 g/mol. The molecule has 232 valence electrons. The fourth-order valence-electron chi connectivity index (χ4n) is 6.11. The van der Waals surface area contributed by atoms with E-state index in [1.165, 1.54) is 0 Å². The zero-order valence-corrected chi connectivity index (χ0v) is 24.4. The maximum atomic E-state index is 13.8. The fraction of sp³-hybridized carbons (Fsp3) is 0.517. The van der Waals surface area contributed by atoms with Gasteiger partial charge in [0, 0.05) is 50.2 Å². The number of hydrogen-bond donors (Lipinski definition) is 3. The highest BCUT2D eigenvalue weighted by Gasteiger charge is 2.43. The van der Waals surface area contributed by atoms with Gasteiger partial charge in [0.25, 0.3) is 5.69 Å². The predicted molar refractivity (Wildman–Crippen MR) is 153 cm³/mol. The topological polar surface area (TPSA) is 177 Å². The second kappa shape index (κ2) is 13.4. The number of alkyl carbamates (subject to hydrolysis) is 1. The van der Waals surface area contributed by atoms with Crippen LogP contribution in [0.25, 0.3) is 0 Å². The van der Waals surface area contributed by atoms with E-state index in [0.717, 1.165) is 47.0 Å². The molecule has 2 aromatic carbocycles. The van der Waals surface area contributed by atoms with E-state index < -0.39 is 45.8 Å². The number of carbonyl (C=O) groups excluding carboxylic acids is 2. The van der Waals surface area contributed by atoms with Crippen LogP contribution in [0.3, 0.4) is 0 Å². The Morgan fingerprint density at radius 3 is 2.56 bits per heavy atom. The lowest BCUT2D eigenvalue weighted by Gasteiger charge is -2.31. The van der Waals surface area contributed by atoms with Crippen molar-refractivity contribution in [3.05, 3.63) is 70.3 Å². The Bertz CT molecular complexity index is 1410. The minimum absolute atomic E-state index is 0.0813. The van der Waals surface area contributed by atoms with Crippen LogP contribution in [0.4, 0.5) is 10.5 Å². The molecule has 14 heteroatoms. The molecule has 0 spiro atoms. The number of fused-ring (bicyclic) bond motifs is 1. The molecule has 6 atom stereocenters. The van der Waals surface area contributed by atoms with E-state index in [-0.39, 0.29) is 54.0 Å². The number of nitrogens with one attached hydrogen (secondary N) is 2. The van der Waals surface area contributed by atoms with Crippen LogP contribution in [-0.4, -0.2) is 84.8 Å². The third-order valence-corrected chi connectivity index (χ3v) is 10.2. The Hall–Kier alpha value is -3.59. The number of non-ortho nitro benzene ring substituents is 1. The molecule has 1 aliphatic carbocycles. The van der Waals surface area contributed by atoms with Gasteiger partial charge in [0.05, 0.1) is 28.1 Å². The molecule has 2 amide bonds. The molecule has 13 nitrogen and oxygen atoms in total. The van der Waals surface area contributed by atoms with Crippen LogP contribution in [0.2, 0.25) is 0 Å². The van der Waals surface area contributed by atoms with E-state index >= 15 is 0 Å². The summed E-state index contributed by atoms with van der Waals surface area (Å²) in [4.78, 5) is 35.2. The minimum Gasteiger partial charge on any atom is -0.446 e. The second-order valence-electron chi connectivity index (χ2n) is 11.3. The molecular weight excluding hydrogens is 580 g/mol. The van der Waals surface area contributed by atoms with E-state index in [2.05, 4.69) is 10.6 Å². The van der Waals surface area contributed by atoms with Gasteiger partial charge in [-0.3, -0.25) is 14.9 Å². The van der Waals surface area contributed by atoms with Crippen LogP contribution in [0, 0.1) is 16.0 Å². The van der Waals surface area contributed by atoms with Gasteiger partial charge in [-0.25, -0.2) is 13.2 Å². The quantitative estimate of drug-likeness (QED) is 0.238. The van der Waals surface area contributed by atoms with Crippen molar-refractivity contribution in [3.8, 4) is 0 Å². The Morgan fingerprint density at radius 2 is 1.88 bits per heavy atom. The SMILES string of the molecule is O=C1CC[C@H](CN(C[C@@H](O)[C@H](Cc2ccccc2)NC(=O)O[C@H]2CC[C@H]3OCC[C@@H]23)S(=O)(=O)c2ccc([N+](=O)[O-])cc2)N1. The molecule has 3 fully saturated rings. The van der Waals surface area contributed by atoms with Gasteiger partial charge >= 0.3 is 6.09 Å². The van der Waals surface area contributed by atoms with Crippen molar-refractivity contribution >= 4 is 27.7 Å². The number of rotatable bonds is 12. The number of aliphatic hydroxyl groups excluding tert-OH is 1. The van der Waals surface area contributed by atoms with Crippen molar-refractivity contribution in [1.29, 1.82) is 0 Å². The van der Waals surface area contributed by atoms with Gasteiger partial charge in [-0.2, -0.15) is 4.31 Å². The standard InChI is InChI=1S/C29H36N4O9S/c34-25(18-32(17-20-6-13-28(35)30-20)43(39,40)22-9-7-21(8-10-22)33(37)38)24(16-19-4-2-1-3-5-19)31-29(36)42-27-12-11-26-23(27)14-15-41-26/h1-5,7-10,20,23-27,34H,6,11-18H2,(H,30,35)(H,31,36)/t20-,23-,24+,25-,26-,27+/m1/s1. The van der Waals surface area contributed by atoms with E-state index in [1.807, 2.05) is 30.3 Å². The summed E-state index contributed by atoms with van der Waals surface area (Å²) in [6.07, 6.45) is 0.867. The zero-order chi connectivity index (χ0) is 30.6. The molecule has 1 saturated carbocycles. The van der Waals surface area contributed by atoms with Crippen LogP contribution >= 0.6 is 0 Å². The van der Waals surface area contributed by atoms with E-state index in [0.29, 0.717) is 19.4 Å². The first kappa shape index (κ1) is 30.9. The van der Waals surface area contributed by atoms with Gasteiger partial charge < -0.3 is 25.2 Å². The predicted octanol–water partition coefficient (Wildman–Crippen LogP) is 2.13. The second-order valence-corrected chi connectivity index (χ2v) is 13.2. The molecule has 2 heterocycles. The number of sulfonamides is 1. The van der Waals surface area contributed by atoms with Gasteiger partial charge in [-0.05, 0) is 49.8 Å². The van der Waals surface area contributed by atoms with Gasteiger partial charge in [-0.1, -0.05) is 30.3 Å². The summed E-state index contributed by atoms with van der Waals surface area (Å²) in [7, 11) is -4.27. The van der Waals surface area contributed by atoms with Crippen LogP contribution < -0.4 is 10.6 Å². The normalized spacial score (nSPS) is 24.7. The lowest BCUT2D eigenvalue weighted by molar-refractivity contribution is -0.384. The van der Waals surface area contributed by atoms with Crippen molar-refractivity contribution in [3.63, 3.8) is 0 Å². The van der Waals surface area contributed by atoms with Crippen molar-refractivity contribution in [2.24, 2.45) is 5.92 Å². The Morgan fingerprint density at radius 1 is 1.14 bits per heavy atom. The van der Waals surface area contributed by atoms with Gasteiger partial charge in [0.15, 0.2) is 0 Å². The molecule has 3 aliphatic rings. The molecular formula is C29H36N4O9S. The lowest BCUT2D eigenvalue weighted by Crippen LogP contribution is -2.52. The van der Waals surface area contributed by atoms with E-state index in [1.54, 1.807) is 0 Å². The lowest BCUT2D eigenvalue weighted by atomic mass is 10.0. The molecule has 0 aromatic heterocycles. The number of aliphatic hydroxyl groups is 1. The molecule has 43 heavy (non-hydrogen) atoms. The molecule has 2 aromatic rings. The Balaban J connectivity index is 1.35. The van der Waals surface area contributed by atoms with Gasteiger partial charge in [0.2, 0.25) is 15.9 Å². The number of carbonyl (C=O) groups is 2. The molecule has 0 unspecified atom stereocenters. The number of nitrogens with zero attached hydrogens (tertiary/aromatic N) is 2. The summed E-state index contributed by atoms with van der Waals surface area (Å²) >= 11 is 0. The van der Waals surface area contributed by atoms with Crippen LogP contribution in [0.15, 0.2) is 59.5 Å². The van der Waals surface area contributed by atoms with Gasteiger partial charge in [-0.15, -0.1) is 0 Å². The summed E-state index contributed by atoms with van der Waals surface area (Å²) < 4.78 is 40.0. The highest BCUT2D eigenvalue weighted by molar-refractivity contribution is 7.89. The maximum Gasteiger partial charge on any atom is 0.407 e. The Labute approximate surface area is 249 Å². The Kier molecular flexibility index (Phi) is 9.59. The summed E-state index contributed by atoms with van der Waals surface area (Å²) in [5.74, 6) is -0.0707. The van der Waals surface area contributed by atoms with E-state index in [9.17, 15) is 33.2 Å². The van der Waals surface area contributed by atoms with Crippen molar-refractivity contribution < 1.29 is 37.5 Å².